The molecule has 4 rings (SSSR count). The van der Waals surface area contributed by atoms with E-state index >= 15 is 0 Å². The van der Waals surface area contributed by atoms with Crippen molar-refractivity contribution in [1.29, 1.82) is 0 Å². The Kier molecular flexibility index (Phi) is 8.57. The molecule has 2 fully saturated rings. The smallest absolute Gasteiger partial charge is 0.265 e. The lowest BCUT2D eigenvalue weighted by Gasteiger charge is -2.34. The summed E-state index contributed by atoms with van der Waals surface area (Å²) >= 11 is 1.48. The maximum Gasteiger partial charge on any atom is 0.265 e. The van der Waals surface area contributed by atoms with Gasteiger partial charge in [0.05, 0.1) is 5.69 Å². The molecule has 8 heteroatoms. The van der Waals surface area contributed by atoms with Crippen molar-refractivity contribution in [1.82, 2.24) is 25.0 Å². The largest absolute Gasteiger partial charge is 0.355 e. The molecule has 0 unspecified atom stereocenters. The van der Waals surface area contributed by atoms with Crippen molar-refractivity contribution in [2.24, 2.45) is 11.8 Å². The number of nitrogens with zero attached hydrogens (tertiary/aromatic N) is 4. The van der Waals surface area contributed by atoms with Gasteiger partial charge in [0.25, 0.3) is 5.91 Å². The standard InChI is InChI=1S/C27H39N5O2S/c1-19-5-7-23(8-6-19)26-29-21(3)24(35-26)27(34)32-12-9-22(10-13-32)20(2)25(33)28-11-14-31-17-15-30(4)16-18-31/h5-8,20,22H,9-18H2,1-4H3,(H,28,33)/t20-/m1/s1. The first-order valence-electron chi connectivity index (χ1n) is 12.8. The molecule has 190 valence electrons. The molecule has 2 aliphatic rings. The Bertz CT molecular complexity index is 1010. The molecule has 1 atom stereocenters. The summed E-state index contributed by atoms with van der Waals surface area (Å²) in [6.07, 6.45) is 1.73. The molecule has 0 radical (unpaired) electrons. The van der Waals surface area contributed by atoms with Gasteiger partial charge in [-0.25, -0.2) is 4.98 Å². The Balaban J connectivity index is 1.24. The van der Waals surface area contributed by atoms with Crippen molar-refractivity contribution in [3.8, 4) is 10.6 Å². The van der Waals surface area contributed by atoms with Crippen LogP contribution >= 0.6 is 11.3 Å². The molecule has 1 N–H and O–H groups in total. The average Bonchev–Trinajstić information content (AvgIpc) is 3.26. The molecule has 3 heterocycles. The van der Waals surface area contributed by atoms with Crippen LogP contribution in [0.3, 0.4) is 0 Å². The number of hydrogen-bond donors (Lipinski definition) is 1. The minimum Gasteiger partial charge on any atom is -0.355 e. The summed E-state index contributed by atoms with van der Waals surface area (Å²) in [6.45, 7) is 13.4. The molecule has 0 bridgehead atoms. The Labute approximate surface area is 213 Å². The van der Waals surface area contributed by atoms with Crippen LogP contribution in [-0.4, -0.2) is 90.9 Å². The molecular weight excluding hydrogens is 458 g/mol. The summed E-state index contributed by atoms with van der Waals surface area (Å²) in [6, 6.07) is 8.26. The second-order valence-corrected chi connectivity index (χ2v) is 11.2. The lowest BCUT2D eigenvalue weighted by Crippen LogP contribution is -2.48. The monoisotopic (exact) mass is 497 g/mol. The molecule has 1 aromatic carbocycles. The molecule has 0 saturated carbocycles. The first kappa shape index (κ1) is 25.8. The molecule has 0 aliphatic carbocycles. The van der Waals surface area contributed by atoms with Gasteiger partial charge >= 0.3 is 0 Å². The number of thiazole rings is 1. The molecule has 2 aromatic rings. The first-order chi connectivity index (χ1) is 16.8. The summed E-state index contributed by atoms with van der Waals surface area (Å²) in [5.74, 6) is 0.498. The number of likely N-dealkylation sites (tertiary alicyclic amines) is 1. The maximum atomic E-state index is 13.3. The van der Waals surface area contributed by atoms with Crippen LogP contribution in [-0.2, 0) is 4.79 Å². The van der Waals surface area contributed by atoms with E-state index in [9.17, 15) is 9.59 Å². The van der Waals surface area contributed by atoms with Crippen molar-refractivity contribution in [2.75, 3.05) is 59.4 Å². The van der Waals surface area contributed by atoms with Gasteiger partial charge in [-0.2, -0.15) is 0 Å². The third-order valence-corrected chi connectivity index (χ3v) is 8.75. The average molecular weight is 498 g/mol. The number of carbonyl (C=O) groups excluding carboxylic acids is 2. The zero-order chi connectivity index (χ0) is 24.9. The predicted octanol–water partition coefficient (Wildman–Crippen LogP) is 3.28. The van der Waals surface area contributed by atoms with Crippen molar-refractivity contribution >= 4 is 23.2 Å². The van der Waals surface area contributed by atoms with Crippen LogP contribution in [0.1, 0.15) is 40.7 Å². The van der Waals surface area contributed by atoms with Gasteiger partial charge in [0.1, 0.15) is 9.88 Å². The molecule has 7 nitrogen and oxygen atoms in total. The van der Waals surface area contributed by atoms with E-state index in [1.807, 2.05) is 18.7 Å². The highest BCUT2D eigenvalue weighted by atomic mass is 32.1. The van der Waals surface area contributed by atoms with Crippen molar-refractivity contribution in [3.63, 3.8) is 0 Å². The maximum absolute atomic E-state index is 13.3. The summed E-state index contributed by atoms with van der Waals surface area (Å²) in [7, 11) is 2.15. The van der Waals surface area contributed by atoms with Crippen LogP contribution < -0.4 is 5.32 Å². The van der Waals surface area contributed by atoms with Crippen LogP contribution in [0.25, 0.3) is 10.6 Å². The van der Waals surface area contributed by atoms with Crippen molar-refractivity contribution in [2.45, 2.75) is 33.6 Å². The number of nitrogens with one attached hydrogen (secondary N) is 1. The van der Waals surface area contributed by atoms with Crippen molar-refractivity contribution in [3.05, 3.63) is 40.4 Å². The Hall–Kier alpha value is -2.29. The third kappa shape index (κ3) is 6.48. The minimum absolute atomic E-state index is 0.0296. The van der Waals surface area contributed by atoms with E-state index in [0.717, 1.165) is 66.7 Å². The number of aromatic nitrogens is 1. The SMILES string of the molecule is Cc1ccc(-c2nc(C)c(C(=O)N3CCC([C@@H](C)C(=O)NCCN4CCN(C)CC4)CC3)s2)cc1. The fourth-order valence-corrected chi connectivity index (χ4v) is 5.98. The van der Waals surface area contributed by atoms with Crippen LogP contribution in [0.2, 0.25) is 0 Å². The Morgan fingerprint density at radius 2 is 1.71 bits per heavy atom. The van der Waals surface area contributed by atoms with E-state index in [1.54, 1.807) is 0 Å². The van der Waals surface area contributed by atoms with Crippen LogP contribution in [0.5, 0.6) is 0 Å². The van der Waals surface area contributed by atoms with E-state index in [4.69, 9.17) is 0 Å². The van der Waals surface area contributed by atoms with Gasteiger partial charge in [-0.3, -0.25) is 14.5 Å². The van der Waals surface area contributed by atoms with Gasteiger partial charge in [-0.05, 0) is 39.7 Å². The quantitative estimate of drug-likeness (QED) is 0.636. The number of amides is 2. The highest BCUT2D eigenvalue weighted by Gasteiger charge is 2.31. The van der Waals surface area contributed by atoms with Gasteiger partial charge in [-0.15, -0.1) is 11.3 Å². The lowest BCUT2D eigenvalue weighted by molar-refractivity contribution is -0.126. The number of piperazine rings is 1. The van der Waals surface area contributed by atoms with Gasteiger partial charge in [0, 0.05) is 63.8 Å². The number of hydrogen-bond acceptors (Lipinski definition) is 6. The van der Waals surface area contributed by atoms with E-state index < -0.39 is 0 Å². The summed E-state index contributed by atoms with van der Waals surface area (Å²) in [4.78, 5) is 38.1. The topological polar surface area (TPSA) is 68.8 Å². The van der Waals surface area contributed by atoms with Crippen LogP contribution in [0.4, 0.5) is 0 Å². The van der Waals surface area contributed by atoms with Crippen LogP contribution in [0.15, 0.2) is 24.3 Å². The number of likely N-dealkylation sites (N-methyl/N-ethyl adjacent to an activating group) is 1. The van der Waals surface area contributed by atoms with Gasteiger partial charge in [0.2, 0.25) is 5.91 Å². The number of rotatable bonds is 7. The minimum atomic E-state index is -0.0296. The van der Waals surface area contributed by atoms with E-state index in [-0.39, 0.29) is 17.7 Å². The van der Waals surface area contributed by atoms with Gasteiger partial charge in [0.15, 0.2) is 0 Å². The fourth-order valence-electron chi connectivity index (χ4n) is 4.94. The fraction of sp³-hybridized carbons (Fsp3) is 0.593. The predicted molar refractivity (Wildman–Crippen MR) is 142 cm³/mol. The third-order valence-electron chi connectivity index (χ3n) is 7.56. The highest BCUT2D eigenvalue weighted by Crippen LogP contribution is 2.31. The van der Waals surface area contributed by atoms with Crippen molar-refractivity contribution < 1.29 is 9.59 Å². The second kappa shape index (κ2) is 11.6. The number of aryl methyl sites for hydroxylation is 2. The summed E-state index contributed by atoms with van der Waals surface area (Å²) in [5, 5.41) is 4.04. The molecule has 35 heavy (non-hydrogen) atoms. The Morgan fingerprint density at radius 3 is 2.37 bits per heavy atom. The highest BCUT2D eigenvalue weighted by molar-refractivity contribution is 7.17. The summed E-state index contributed by atoms with van der Waals surface area (Å²) in [5.41, 5.74) is 3.05. The normalized spacial score (nSPS) is 19.0. The first-order valence-corrected chi connectivity index (χ1v) is 13.7. The second-order valence-electron chi connectivity index (χ2n) is 10.2. The zero-order valence-corrected chi connectivity index (χ0v) is 22.4. The molecule has 0 spiro atoms. The molecule has 1 aromatic heterocycles. The molecular formula is C27H39N5O2S. The number of benzene rings is 1. The van der Waals surface area contributed by atoms with E-state index in [1.165, 1.54) is 16.9 Å². The lowest BCUT2D eigenvalue weighted by atomic mass is 9.85. The number of piperidine rings is 1. The van der Waals surface area contributed by atoms with E-state index in [0.29, 0.717) is 25.6 Å². The summed E-state index contributed by atoms with van der Waals surface area (Å²) < 4.78 is 0. The molecule has 2 saturated heterocycles. The molecule has 2 aliphatic heterocycles. The van der Waals surface area contributed by atoms with E-state index in [2.05, 4.69) is 58.3 Å². The van der Waals surface area contributed by atoms with Gasteiger partial charge in [-0.1, -0.05) is 36.8 Å². The molecule has 2 amide bonds. The van der Waals surface area contributed by atoms with Crippen LogP contribution in [0, 0.1) is 25.7 Å². The number of carbonyl (C=O) groups is 2. The zero-order valence-electron chi connectivity index (χ0n) is 21.5. The Morgan fingerprint density at radius 1 is 1.06 bits per heavy atom. The van der Waals surface area contributed by atoms with Gasteiger partial charge < -0.3 is 15.1 Å².